The largest absolute Gasteiger partial charge is 0.455 e. The number of hydrogen-bond donors (Lipinski definition) is 0. The van der Waals surface area contributed by atoms with Crippen LogP contribution in [0.1, 0.15) is 57.2 Å². The standard InChI is InChI=1S/C37H37N2O/c1-24-15-18-31-33(32(24)35-38(6)21-22-39(35)26-11-8-7-9-12-26)28-14-10-13-27(34(28)40-31)25-16-17-29-30(23-25)37(4,5)20-19-36(29,2)3/h7-18,21-23H,19-20H2,1-6H3/q+1. The van der Waals surface area contributed by atoms with E-state index in [-0.39, 0.29) is 10.8 Å². The molecule has 7 rings (SSSR count). The highest BCUT2D eigenvalue weighted by Gasteiger charge is 2.37. The molecule has 0 N–H and O–H groups in total. The molecule has 0 fully saturated rings. The van der Waals surface area contributed by atoms with Crippen LogP contribution in [0, 0.1) is 6.92 Å². The van der Waals surface area contributed by atoms with Crippen molar-refractivity contribution in [3.63, 3.8) is 0 Å². The molecule has 0 aliphatic heterocycles. The van der Waals surface area contributed by atoms with E-state index in [1.54, 1.807) is 0 Å². The van der Waals surface area contributed by atoms with Crippen LogP contribution in [0.3, 0.4) is 0 Å². The fourth-order valence-corrected chi connectivity index (χ4v) is 6.84. The van der Waals surface area contributed by atoms with Gasteiger partial charge in [-0.15, -0.1) is 0 Å². The van der Waals surface area contributed by atoms with Gasteiger partial charge >= 0.3 is 0 Å². The third-order valence-corrected chi connectivity index (χ3v) is 9.30. The van der Waals surface area contributed by atoms with Crippen molar-refractivity contribution in [2.24, 2.45) is 7.05 Å². The Morgan fingerprint density at radius 1 is 0.800 bits per heavy atom. The molecule has 0 saturated carbocycles. The van der Waals surface area contributed by atoms with Crippen molar-refractivity contribution in [1.82, 2.24) is 4.57 Å². The fraction of sp³-hybridized carbons (Fsp3) is 0.270. The molecule has 0 bridgehead atoms. The fourth-order valence-electron chi connectivity index (χ4n) is 6.84. The lowest BCUT2D eigenvalue weighted by molar-refractivity contribution is -0.659. The smallest absolute Gasteiger partial charge is 0.294 e. The van der Waals surface area contributed by atoms with Crippen LogP contribution in [0.5, 0.6) is 0 Å². The van der Waals surface area contributed by atoms with Gasteiger partial charge in [0.05, 0.1) is 12.6 Å². The molecule has 2 aromatic heterocycles. The van der Waals surface area contributed by atoms with E-state index >= 15 is 0 Å². The maximum atomic E-state index is 6.74. The summed E-state index contributed by atoms with van der Waals surface area (Å²) in [6, 6.07) is 28.6. The highest BCUT2D eigenvalue weighted by Crippen LogP contribution is 2.48. The Hall–Kier alpha value is -4.11. The number of aromatic nitrogens is 2. The minimum absolute atomic E-state index is 0.157. The van der Waals surface area contributed by atoms with Crippen LogP contribution >= 0.6 is 0 Å². The molecule has 0 amide bonds. The van der Waals surface area contributed by atoms with Crippen molar-refractivity contribution in [2.45, 2.75) is 58.3 Å². The molecule has 1 aliphatic carbocycles. The van der Waals surface area contributed by atoms with E-state index in [9.17, 15) is 0 Å². The van der Waals surface area contributed by atoms with Gasteiger partial charge in [0, 0.05) is 16.3 Å². The number of para-hydroxylation sites is 2. The maximum Gasteiger partial charge on any atom is 0.294 e. The van der Waals surface area contributed by atoms with Gasteiger partial charge in [-0.3, -0.25) is 0 Å². The second-order valence-electron chi connectivity index (χ2n) is 12.9. The Balaban J connectivity index is 1.48. The first-order chi connectivity index (χ1) is 19.2. The van der Waals surface area contributed by atoms with E-state index in [0.29, 0.717) is 0 Å². The summed E-state index contributed by atoms with van der Waals surface area (Å²) < 4.78 is 11.2. The van der Waals surface area contributed by atoms with E-state index in [1.165, 1.54) is 46.0 Å². The lowest BCUT2D eigenvalue weighted by Gasteiger charge is -2.42. The summed E-state index contributed by atoms with van der Waals surface area (Å²) in [5, 5.41) is 2.33. The minimum atomic E-state index is 0.157. The molecular formula is C37H37N2O+. The Labute approximate surface area is 236 Å². The predicted molar refractivity (Wildman–Crippen MR) is 165 cm³/mol. The number of nitrogens with zero attached hydrogens (tertiary/aromatic N) is 2. The molecule has 6 aromatic rings. The Bertz CT molecular complexity index is 1920. The number of fused-ring (bicyclic) bond motifs is 4. The van der Waals surface area contributed by atoms with E-state index in [2.05, 4.69) is 142 Å². The zero-order chi connectivity index (χ0) is 27.8. The molecule has 0 saturated heterocycles. The van der Waals surface area contributed by atoms with Crippen LogP contribution in [0.25, 0.3) is 50.1 Å². The molecule has 200 valence electrons. The molecule has 0 spiro atoms. The van der Waals surface area contributed by atoms with Crippen molar-refractivity contribution >= 4 is 21.9 Å². The molecule has 2 heterocycles. The van der Waals surface area contributed by atoms with Crippen molar-refractivity contribution in [2.75, 3.05) is 0 Å². The van der Waals surface area contributed by atoms with Crippen molar-refractivity contribution < 1.29 is 8.98 Å². The molecule has 0 atom stereocenters. The van der Waals surface area contributed by atoms with Gasteiger partial charge in [-0.2, -0.15) is 4.57 Å². The molecule has 1 aliphatic rings. The highest BCUT2D eigenvalue weighted by molar-refractivity contribution is 6.15. The average molecular weight is 526 g/mol. The summed E-state index contributed by atoms with van der Waals surface area (Å²) >= 11 is 0. The first-order valence-corrected chi connectivity index (χ1v) is 14.4. The van der Waals surface area contributed by atoms with Crippen LogP contribution in [0.4, 0.5) is 0 Å². The van der Waals surface area contributed by atoms with E-state index in [1.807, 2.05) is 0 Å². The number of aryl methyl sites for hydroxylation is 2. The van der Waals surface area contributed by atoms with Crippen LogP contribution in [0.15, 0.2) is 95.7 Å². The summed E-state index contributed by atoms with van der Waals surface area (Å²) in [5.74, 6) is 1.14. The van der Waals surface area contributed by atoms with Crippen LogP contribution in [-0.4, -0.2) is 4.57 Å². The summed E-state index contributed by atoms with van der Waals surface area (Å²) in [5.41, 5.74) is 11.1. The topological polar surface area (TPSA) is 21.9 Å². The van der Waals surface area contributed by atoms with Crippen LogP contribution < -0.4 is 4.57 Å². The average Bonchev–Trinajstić information content (AvgIpc) is 3.52. The SMILES string of the molecule is Cc1ccc2oc3c(-c4ccc5c(c4)C(C)(C)CCC5(C)C)cccc3c2c1-c1n(-c2ccccc2)cc[n+]1C. The van der Waals surface area contributed by atoms with Gasteiger partial charge in [0.25, 0.3) is 5.82 Å². The van der Waals surface area contributed by atoms with E-state index in [4.69, 9.17) is 4.42 Å². The van der Waals surface area contributed by atoms with Gasteiger partial charge < -0.3 is 4.42 Å². The van der Waals surface area contributed by atoms with Gasteiger partial charge in [-0.1, -0.05) is 88.4 Å². The number of rotatable bonds is 3. The van der Waals surface area contributed by atoms with Gasteiger partial charge in [0.2, 0.25) is 0 Å². The summed E-state index contributed by atoms with van der Waals surface area (Å²) in [4.78, 5) is 0. The molecule has 3 heteroatoms. The predicted octanol–water partition coefficient (Wildman–Crippen LogP) is 9.19. The minimum Gasteiger partial charge on any atom is -0.455 e. The first-order valence-electron chi connectivity index (χ1n) is 14.4. The number of benzene rings is 4. The molecular weight excluding hydrogens is 488 g/mol. The summed E-state index contributed by atoms with van der Waals surface area (Å²) in [7, 11) is 2.12. The highest BCUT2D eigenvalue weighted by atomic mass is 16.3. The van der Waals surface area contributed by atoms with Gasteiger partial charge in [0.1, 0.15) is 29.2 Å². The molecule has 0 radical (unpaired) electrons. The third kappa shape index (κ3) is 3.67. The quantitative estimate of drug-likeness (QED) is 0.211. The van der Waals surface area contributed by atoms with E-state index in [0.717, 1.165) is 33.6 Å². The Morgan fingerprint density at radius 3 is 2.33 bits per heavy atom. The van der Waals surface area contributed by atoms with Crippen molar-refractivity contribution in [1.29, 1.82) is 0 Å². The van der Waals surface area contributed by atoms with Gasteiger partial charge in [0.15, 0.2) is 0 Å². The first kappa shape index (κ1) is 24.9. The van der Waals surface area contributed by atoms with Gasteiger partial charge in [-0.25, -0.2) is 4.57 Å². The molecule has 0 unspecified atom stereocenters. The molecule has 40 heavy (non-hydrogen) atoms. The van der Waals surface area contributed by atoms with Crippen molar-refractivity contribution in [3.05, 3.63) is 108 Å². The zero-order valence-electron chi connectivity index (χ0n) is 24.4. The number of hydrogen-bond acceptors (Lipinski definition) is 1. The monoisotopic (exact) mass is 525 g/mol. The summed E-state index contributed by atoms with van der Waals surface area (Å²) in [6.07, 6.45) is 6.69. The normalized spacial score (nSPS) is 15.9. The van der Waals surface area contributed by atoms with Gasteiger partial charge in [-0.05, 0) is 71.0 Å². The van der Waals surface area contributed by atoms with Crippen molar-refractivity contribution in [3.8, 4) is 28.2 Å². The maximum absolute atomic E-state index is 6.74. The number of imidazole rings is 1. The van der Waals surface area contributed by atoms with Crippen LogP contribution in [-0.2, 0) is 17.9 Å². The summed E-state index contributed by atoms with van der Waals surface area (Å²) in [6.45, 7) is 11.8. The Morgan fingerprint density at radius 2 is 1.55 bits per heavy atom. The second-order valence-corrected chi connectivity index (χ2v) is 12.9. The van der Waals surface area contributed by atoms with E-state index < -0.39 is 0 Å². The van der Waals surface area contributed by atoms with Crippen LogP contribution in [0.2, 0.25) is 0 Å². The second kappa shape index (κ2) is 8.69. The molecule has 4 aromatic carbocycles. The lowest BCUT2D eigenvalue weighted by atomic mass is 9.63. The molecule has 3 nitrogen and oxygen atoms in total. The lowest BCUT2D eigenvalue weighted by Crippen LogP contribution is -2.33. The number of furan rings is 1. The third-order valence-electron chi connectivity index (χ3n) is 9.30. The Kier molecular flexibility index (Phi) is 5.41. The zero-order valence-corrected chi connectivity index (χ0v) is 24.4.